The number of amides is 3. The third kappa shape index (κ3) is 4.35. The Hall–Kier alpha value is -2.06. The van der Waals surface area contributed by atoms with Gasteiger partial charge in [0.2, 0.25) is 17.7 Å². The van der Waals surface area contributed by atoms with Crippen LogP contribution in [0.3, 0.4) is 0 Å². The van der Waals surface area contributed by atoms with Crippen molar-refractivity contribution in [1.82, 2.24) is 15.5 Å². The summed E-state index contributed by atoms with van der Waals surface area (Å²) in [5.41, 5.74) is 1.01. The van der Waals surface area contributed by atoms with Crippen molar-refractivity contribution in [3.8, 4) is 0 Å². The molecule has 2 bridgehead atoms. The van der Waals surface area contributed by atoms with E-state index in [0.29, 0.717) is 19.5 Å². The van der Waals surface area contributed by atoms with Crippen LogP contribution in [0, 0.1) is 11.8 Å². The molecule has 0 aliphatic carbocycles. The highest BCUT2D eigenvalue weighted by Gasteiger charge is 2.74. The van der Waals surface area contributed by atoms with Gasteiger partial charge in [-0.3, -0.25) is 14.4 Å². The molecule has 0 radical (unpaired) electrons. The molecule has 34 heavy (non-hydrogen) atoms. The van der Waals surface area contributed by atoms with E-state index in [2.05, 4.69) is 17.6 Å². The predicted molar refractivity (Wildman–Crippen MR) is 133 cm³/mol. The lowest BCUT2D eigenvalue weighted by molar-refractivity contribution is -0.142. The summed E-state index contributed by atoms with van der Waals surface area (Å²) in [6.45, 7) is 4.85. The molecule has 3 heterocycles. The number of carbonyl (C=O) groups excluding carboxylic acids is 3. The second kappa shape index (κ2) is 10.7. The quantitative estimate of drug-likeness (QED) is 0.417. The summed E-state index contributed by atoms with van der Waals surface area (Å²) < 4.78 is -0.603. The van der Waals surface area contributed by atoms with Crippen LogP contribution >= 0.6 is 11.8 Å². The number of hydrogen-bond donors (Lipinski definition) is 3. The Morgan fingerprint density at radius 2 is 1.94 bits per heavy atom. The van der Waals surface area contributed by atoms with Crippen LogP contribution < -0.4 is 10.6 Å². The van der Waals surface area contributed by atoms with Crippen LogP contribution in [0.4, 0.5) is 0 Å². The molecule has 3 aliphatic heterocycles. The van der Waals surface area contributed by atoms with Crippen LogP contribution in [0.1, 0.15) is 57.9 Å². The van der Waals surface area contributed by atoms with Gasteiger partial charge in [0.25, 0.3) is 0 Å². The first kappa shape index (κ1) is 25.0. The lowest BCUT2D eigenvalue weighted by atomic mass is 9.70. The molecule has 3 saturated heterocycles. The van der Waals surface area contributed by atoms with Crippen LogP contribution in [0.5, 0.6) is 0 Å². The number of aliphatic hydroxyl groups is 1. The van der Waals surface area contributed by atoms with E-state index in [9.17, 15) is 19.5 Å². The topological polar surface area (TPSA) is 98.7 Å². The zero-order chi connectivity index (χ0) is 24.3. The SMILES string of the molecule is CCCCCNC(=O)C1N([C@@H](CC)CO)C(=O)[C@@H]2[C@H](C(=O)NCc3ccccc3)[C@@H]3CCC12S3. The molecule has 186 valence electrons. The molecular formula is C26H37N3O4S. The van der Waals surface area contributed by atoms with Crippen molar-refractivity contribution >= 4 is 29.5 Å². The number of thioether (sulfide) groups is 1. The van der Waals surface area contributed by atoms with E-state index >= 15 is 0 Å². The Morgan fingerprint density at radius 1 is 1.18 bits per heavy atom. The second-order valence-corrected chi connectivity index (χ2v) is 11.3. The summed E-state index contributed by atoms with van der Waals surface area (Å²) in [6, 6.07) is 8.67. The molecule has 2 unspecified atom stereocenters. The first-order valence-electron chi connectivity index (χ1n) is 12.7. The molecule has 1 aromatic carbocycles. The minimum absolute atomic E-state index is 0.0384. The Morgan fingerprint density at radius 3 is 2.62 bits per heavy atom. The van der Waals surface area contributed by atoms with E-state index in [0.717, 1.165) is 37.7 Å². The molecule has 7 nitrogen and oxygen atoms in total. The van der Waals surface area contributed by atoms with Crippen LogP contribution in [-0.2, 0) is 20.9 Å². The summed E-state index contributed by atoms with van der Waals surface area (Å²) in [5, 5.41) is 16.2. The Bertz CT molecular complexity index is 893. The Balaban J connectivity index is 1.58. The number of nitrogens with zero attached hydrogens (tertiary/aromatic N) is 1. The Labute approximate surface area is 206 Å². The predicted octanol–water partition coefficient (Wildman–Crippen LogP) is 2.47. The van der Waals surface area contributed by atoms with Gasteiger partial charge in [0.05, 0.1) is 29.2 Å². The maximum Gasteiger partial charge on any atom is 0.244 e. The molecule has 8 heteroatoms. The highest BCUT2D eigenvalue weighted by molar-refractivity contribution is 8.02. The smallest absolute Gasteiger partial charge is 0.244 e. The fourth-order valence-corrected chi connectivity index (χ4v) is 8.29. The zero-order valence-electron chi connectivity index (χ0n) is 20.2. The van der Waals surface area contributed by atoms with Gasteiger partial charge in [0.15, 0.2) is 0 Å². The van der Waals surface area contributed by atoms with Gasteiger partial charge < -0.3 is 20.6 Å². The van der Waals surface area contributed by atoms with Crippen molar-refractivity contribution in [2.24, 2.45) is 11.8 Å². The lowest BCUT2D eigenvalue weighted by Crippen LogP contribution is -2.56. The zero-order valence-corrected chi connectivity index (χ0v) is 21.0. The number of rotatable bonds is 11. The average Bonchev–Trinajstić information content (AvgIpc) is 3.49. The summed E-state index contributed by atoms with van der Waals surface area (Å²) in [5.74, 6) is -1.38. The van der Waals surface area contributed by atoms with Crippen molar-refractivity contribution in [3.63, 3.8) is 0 Å². The van der Waals surface area contributed by atoms with Gasteiger partial charge >= 0.3 is 0 Å². The van der Waals surface area contributed by atoms with Gasteiger partial charge in [-0.25, -0.2) is 0 Å². The maximum absolute atomic E-state index is 13.9. The van der Waals surface area contributed by atoms with E-state index in [1.807, 2.05) is 37.3 Å². The molecule has 1 aromatic rings. The van der Waals surface area contributed by atoms with Gasteiger partial charge in [0.1, 0.15) is 6.04 Å². The highest BCUT2D eigenvalue weighted by atomic mass is 32.2. The highest BCUT2D eigenvalue weighted by Crippen LogP contribution is 2.66. The average molecular weight is 488 g/mol. The standard InChI is InChI=1S/C26H37N3O4S/c1-3-5-9-14-27-24(32)22-26-13-12-19(34-26)20(21(26)25(33)29(22)18(4-2)16-30)23(31)28-15-17-10-7-6-8-11-17/h6-8,10-11,18-22,30H,3-5,9,12-16H2,1-2H3,(H,27,32)(H,28,31)/t18-,19-,20+,21-,22?,26?/m0/s1. The van der Waals surface area contributed by atoms with Crippen LogP contribution in [0.2, 0.25) is 0 Å². The largest absolute Gasteiger partial charge is 0.394 e. The first-order chi connectivity index (χ1) is 16.5. The summed E-state index contributed by atoms with van der Waals surface area (Å²) >= 11 is 1.67. The number of aliphatic hydroxyl groups excluding tert-OH is 1. The van der Waals surface area contributed by atoms with Crippen molar-refractivity contribution in [1.29, 1.82) is 0 Å². The van der Waals surface area contributed by atoms with Gasteiger partial charge in [-0.2, -0.15) is 0 Å². The summed E-state index contributed by atoms with van der Waals surface area (Å²) in [7, 11) is 0. The van der Waals surface area contributed by atoms with E-state index < -0.39 is 28.7 Å². The number of carbonyl (C=O) groups is 3. The fraction of sp³-hybridized carbons (Fsp3) is 0.654. The number of nitrogens with one attached hydrogen (secondary N) is 2. The van der Waals surface area contributed by atoms with Crippen LogP contribution in [0.15, 0.2) is 30.3 Å². The molecule has 4 rings (SSSR count). The number of hydrogen-bond acceptors (Lipinski definition) is 5. The fourth-order valence-electron chi connectivity index (χ4n) is 6.08. The van der Waals surface area contributed by atoms with Gasteiger partial charge in [-0.1, -0.05) is 57.0 Å². The summed E-state index contributed by atoms with van der Waals surface area (Å²) in [4.78, 5) is 42.4. The molecule has 3 amide bonds. The van der Waals surface area contributed by atoms with Gasteiger partial charge in [0, 0.05) is 18.3 Å². The van der Waals surface area contributed by atoms with Gasteiger partial charge in [-0.05, 0) is 31.2 Å². The first-order valence-corrected chi connectivity index (χ1v) is 13.6. The van der Waals surface area contributed by atoms with E-state index in [-0.39, 0.29) is 29.6 Å². The molecular weight excluding hydrogens is 450 g/mol. The molecule has 0 aromatic heterocycles. The molecule has 3 N–H and O–H groups in total. The number of fused-ring (bicyclic) bond motifs is 1. The van der Waals surface area contributed by atoms with Crippen molar-refractivity contribution in [3.05, 3.63) is 35.9 Å². The molecule has 0 saturated carbocycles. The van der Waals surface area contributed by atoms with E-state index in [1.54, 1.807) is 16.7 Å². The van der Waals surface area contributed by atoms with Crippen LogP contribution in [-0.4, -0.2) is 63.0 Å². The molecule has 1 spiro atoms. The number of likely N-dealkylation sites (tertiary alicyclic amines) is 1. The minimum atomic E-state index is -0.648. The Kier molecular flexibility index (Phi) is 7.87. The van der Waals surface area contributed by atoms with Crippen molar-refractivity contribution in [2.45, 2.75) is 81.0 Å². The number of benzene rings is 1. The minimum Gasteiger partial charge on any atom is -0.394 e. The van der Waals surface area contributed by atoms with Crippen molar-refractivity contribution in [2.75, 3.05) is 13.2 Å². The van der Waals surface area contributed by atoms with Crippen molar-refractivity contribution < 1.29 is 19.5 Å². The third-order valence-corrected chi connectivity index (χ3v) is 9.71. The monoisotopic (exact) mass is 487 g/mol. The van der Waals surface area contributed by atoms with E-state index in [1.165, 1.54) is 0 Å². The molecule has 3 aliphatic rings. The summed E-state index contributed by atoms with van der Waals surface area (Å²) in [6.07, 6.45) is 5.13. The van der Waals surface area contributed by atoms with Gasteiger partial charge in [-0.15, -0.1) is 11.8 Å². The molecule has 6 atom stereocenters. The van der Waals surface area contributed by atoms with E-state index in [4.69, 9.17) is 0 Å². The number of unbranched alkanes of at least 4 members (excludes halogenated alkanes) is 2. The third-order valence-electron chi connectivity index (χ3n) is 7.75. The lowest BCUT2D eigenvalue weighted by Gasteiger charge is -2.36. The molecule has 3 fully saturated rings. The van der Waals surface area contributed by atoms with Crippen LogP contribution in [0.25, 0.3) is 0 Å². The maximum atomic E-state index is 13.9. The second-order valence-electron chi connectivity index (χ2n) is 9.75. The normalized spacial score (nSPS) is 30.3.